The average molecular weight is 228 g/mol. The van der Waals surface area contributed by atoms with Crippen molar-refractivity contribution in [3.05, 3.63) is 0 Å². The van der Waals surface area contributed by atoms with Gasteiger partial charge in [0.25, 0.3) is 0 Å². The molecule has 0 spiro atoms. The Hall–Kier alpha value is 0.270. The third-order valence-electron chi connectivity index (χ3n) is 3.68. The van der Waals surface area contributed by atoms with Gasteiger partial charge in [0.05, 0.1) is 0 Å². The molecule has 1 aliphatic carbocycles. The van der Waals surface area contributed by atoms with Crippen LogP contribution in [0.4, 0.5) is 0 Å². The topological polar surface area (TPSA) is 38.0 Å². The molecule has 0 aromatic heterocycles. The van der Waals surface area contributed by atoms with E-state index < -0.39 is 0 Å². The van der Waals surface area contributed by atoms with E-state index in [1.807, 2.05) is 0 Å². The van der Waals surface area contributed by atoms with Crippen molar-refractivity contribution in [2.75, 3.05) is 12.3 Å². The van der Waals surface area contributed by atoms with Crippen LogP contribution in [0.15, 0.2) is 0 Å². The molecule has 1 atom stereocenters. The predicted octanol–water partition coefficient (Wildman–Crippen LogP) is 2.13. The summed E-state index contributed by atoms with van der Waals surface area (Å²) in [5.74, 6) is 1.38. The normalized spacial score (nSPS) is 37.8. The van der Waals surface area contributed by atoms with E-state index >= 15 is 0 Å². The Balaban J connectivity index is 1.60. The van der Waals surface area contributed by atoms with Crippen molar-refractivity contribution in [2.45, 2.75) is 62.3 Å². The maximum absolute atomic E-state index is 5.90. The van der Waals surface area contributed by atoms with Crippen LogP contribution in [-0.4, -0.2) is 29.6 Å². The minimum Gasteiger partial charge on any atom is -0.328 e. The number of thioether (sulfide) groups is 1. The lowest BCUT2D eigenvalue weighted by atomic mass is 9.92. The Labute approximate surface area is 97.8 Å². The average Bonchev–Trinajstić information content (AvgIpc) is 2.30. The molecule has 0 amide bonds. The van der Waals surface area contributed by atoms with E-state index in [1.165, 1.54) is 57.2 Å². The Morgan fingerprint density at radius 2 is 1.87 bits per heavy atom. The summed E-state index contributed by atoms with van der Waals surface area (Å²) in [4.78, 5) is 0. The highest BCUT2D eigenvalue weighted by molar-refractivity contribution is 7.99. The second-order valence-electron chi connectivity index (χ2n) is 5.01. The first-order valence-electron chi connectivity index (χ1n) is 6.45. The number of hydrogen-bond acceptors (Lipinski definition) is 3. The van der Waals surface area contributed by atoms with Crippen molar-refractivity contribution in [3.8, 4) is 0 Å². The Bertz CT molecular complexity index is 172. The molecule has 15 heavy (non-hydrogen) atoms. The van der Waals surface area contributed by atoms with Crippen LogP contribution in [0.2, 0.25) is 0 Å². The van der Waals surface area contributed by atoms with Crippen LogP contribution in [0.5, 0.6) is 0 Å². The van der Waals surface area contributed by atoms with Crippen molar-refractivity contribution >= 4 is 11.8 Å². The zero-order valence-electron chi connectivity index (χ0n) is 9.58. The molecule has 2 fully saturated rings. The van der Waals surface area contributed by atoms with E-state index in [4.69, 9.17) is 5.73 Å². The van der Waals surface area contributed by atoms with Crippen LogP contribution >= 0.6 is 11.8 Å². The summed E-state index contributed by atoms with van der Waals surface area (Å²) in [6, 6.07) is 1.24. The summed E-state index contributed by atoms with van der Waals surface area (Å²) in [5.41, 5.74) is 5.90. The molecule has 1 saturated heterocycles. The van der Waals surface area contributed by atoms with Crippen molar-refractivity contribution in [1.29, 1.82) is 0 Å². The van der Waals surface area contributed by atoms with Crippen LogP contribution in [0, 0.1) is 0 Å². The highest BCUT2D eigenvalue weighted by Crippen LogP contribution is 2.25. The fourth-order valence-corrected chi connectivity index (χ4v) is 3.84. The van der Waals surface area contributed by atoms with E-state index in [-0.39, 0.29) is 0 Å². The molecule has 3 N–H and O–H groups in total. The van der Waals surface area contributed by atoms with E-state index in [9.17, 15) is 0 Å². The lowest BCUT2D eigenvalue weighted by Gasteiger charge is -2.29. The van der Waals surface area contributed by atoms with Gasteiger partial charge in [-0.2, -0.15) is 11.8 Å². The molecule has 1 heterocycles. The van der Waals surface area contributed by atoms with E-state index in [0.717, 1.165) is 11.3 Å². The van der Waals surface area contributed by atoms with Gasteiger partial charge in [-0.25, -0.2) is 0 Å². The predicted molar refractivity (Wildman–Crippen MR) is 68.3 cm³/mol. The lowest BCUT2D eigenvalue weighted by Crippen LogP contribution is -2.40. The van der Waals surface area contributed by atoms with Gasteiger partial charge in [-0.05, 0) is 44.3 Å². The van der Waals surface area contributed by atoms with Crippen LogP contribution in [0.3, 0.4) is 0 Å². The minimum absolute atomic E-state index is 0.479. The van der Waals surface area contributed by atoms with Gasteiger partial charge >= 0.3 is 0 Å². The van der Waals surface area contributed by atoms with Crippen LogP contribution < -0.4 is 11.1 Å². The Kier molecular flexibility index (Phi) is 4.79. The Morgan fingerprint density at radius 3 is 2.53 bits per heavy atom. The smallest absolute Gasteiger partial charge is 0.0172 e. The summed E-state index contributed by atoms with van der Waals surface area (Å²) in [6.07, 6.45) is 9.31. The lowest BCUT2D eigenvalue weighted by molar-refractivity contribution is 0.341. The highest BCUT2D eigenvalue weighted by Gasteiger charge is 2.20. The monoisotopic (exact) mass is 228 g/mol. The maximum atomic E-state index is 5.90. The first-order chi connectivity index (χ1) is 7.34. The molecule has 0 aromatic carbocycles. The van der Waals surface area contributed by atoms with Crippen LogP contribution in [0.1, 0.15) is 44.9 Å². The molecule has 1 unspecified atom stereocenters. The van der Waals surface area contributed by atoms with Gasteiger partial charge in [-0.3, -0.25) is 0 Å². The van der Waals surface area contributed by atoms with Crippen LogP contribution in [0.25, 0.3) is 0 Å². The summed E-state index contributed by atoms with van der Waals surface area (Å²) in [7, 11) is 0. The minimum atomic E-state index is 0.479. The van der Waals surface area contributed by atoms with Gasteiger partial charge in [0, 0.05) is 23.9 Å². The zero-order chi connectivity index (χ0) is 10.5. The van der Waals surface area contributed by atoms with Gasteiger partial charge in [-0.15, -0.1) is 0 Å². The van der Waals surface area contributed by atoms with Gasteiger partial charge in [0.2, 0.25) is 0 Å². The van der Waals surface area contributed by atoms with Crippen molar-refractivity contribution in [2.24, 2.45) is 5.73 Å². The molecule has 0 aromatic rings. The van der Waals surface area contributed by atoms with Crippen molar-refractivity contribution in [3.63, 3.8) is 0 Å². The van der Waals surface area contributed by atoms with Crippen LogP contribution in [-0.2, 0) is 0 Å². The van der Waals surface area contributed by atoms with E-state index in [1.54, 1.807) is 0 Å². The molecule has 88 valence electrons. The third kappa shape index (κ3) is 3.97. The molecule has 2 aliphatic rings. The molecule has 2 rings (SSSR count). The Morgan fingerprint density at radius 1 is 1.07 bits per heavy atom. The maximum Gasteiger partial charge on any atom is 0.0172 e. The van der Waals surface area contributed by atoms with Crippen molar-refractivity contribution in [1.82, 2.24) is 5.32 Å². The van der Waals surface area contributed by atoms with Gasteiger partial charge < -0.3 is 11.1 Å². The van der Waals surface area contributed by atoms with E-state index in [2.05, 4.69) is 17.1 Å². The molecule has 0 radical (unpaired) electrons. The fourth-order valence-electron chi connectivity index (χ4n) is 2.59. The fraction of sp³-hybridized carbons (Fsp3) is 1.00. The first kappa shape index (κ1) is 11.7. The summed E-state index contributed by atoms with van der Waals surface area (Å²) in [6.45, 7) is 1.23. The molecule has 1 saturated carbocycles. The largest absolute Gasteiger partial charge is 0.328 e. The second kappa shape index (κ2) is 6.12. The molecule has 3 heteroatoms. The molecule has 2 nitrogen and oxygen atoms in total. The molecule has 0 bridgehead atoms. The summed E-state index contributed by atoms with van der Waals surface area (Å²) >= 11 is 2.17. The number of nitrogens with two attached hydrogens (primary N) is 1. The SMILES string of the molecule is NC1CCC(NCC2CCCCS2)CC1. The zero-order valence-corrected chi connectivity index (χ0v) is 10.4. The quantitative estimate of drug-likeness (QED) is 0.777. The third-order valence-corrected chi connectivity index (χ3v) is 5.08. The molecular formula is C12H24N2S. The second-order valence-corrected chi connectivity index (χ2v) is 6.42. The van der Waals surface area contributed by atoms with Gasteiger partial charge in [0.1, 0.15) is 0 Å². The standard InChI is InChI=1S/C12H24N2S/c13-10-4-6-11(7-5-10)14-9-12-3-1-2-8-15-12/h10-12,14H,1-9,13H2. The molecular weight excluding hydrogens is 204 g/mol. The number of rotatable bonds is 3. The summed E-state index contributed by atoms with van der Waals surface area (Å²) in [5, 5.41) is 4.62. The number of nitrogens with one attached hydrogen (secondary N) is 1. The van der Waals surface area contributed by atoms with E-state index in [0.29, 0.717) is 6.04 Å². The summed E-state index contributed by atoms with van der Waals surface area (Å²) < 4.78 is 0. The molecule has 1 aliphatic heterocycles. The highest BCUT2D eigenvalue weighted by atomic mass is 32.2. The van der Waals surface area contributed by atoms with Gasteiger partial charge in [0.15, 0.2) is 0 Å². The van der Waals surface area contributed by atoms with Gasteiger partial charge in [-0.1, -0.05) is 6.42 Å². The first-order valence-corrected chi connectivity index (χ1v) is 7.50. The number of hydrogen-bond donors (Lipinski definition) is 2. The van der Waals surface area contributed by atoms with Crippen molar-refractivity contribution < 1.29 is 0 Å².